The summed E-state index contributed by atoms with van der Waals surface area (Å²) in [5, 5.41) is 3.02. The third-order valence-corrected chi connectivity index (χ3v) is 3.17. The normalized spacial score (nSPS) is 15.9. The molecule has 4 nitrogen and oxygen atoms in total. The van der Waals surface area contributed by atoms with Crippen LogP contribution in [0.4, 0.5) is 0 Å². The largest absolute Gasteiger partial charge is 0.493 e. The van der Waals surface area contributed by atoms with E-state index in [0.29, 0.717) is 19.2 Å². The molecule has 0 aromatic heterocycles. The van der Waals surface area contributed by atoms with E-state index in [4.69, 9.17) is 4.74 Å². The van der Waals surface area contributed by atoms with Crippen LogP contribution in [0.15, 0.2) is 24.3 Å². The zero-order chi connectivity index (χ0) is 13.7. The maximum Gasteiger partial charge on any atom is 0.275 e. The Balaban J connectivity index is 1.86. The highest BCUT2D eigenvalue weighted by Crippen LogP contribution is 2.18. The molecule has 0 bridgehead atoms. The van der Waals surface area contributed by atoms with Gasteiger partial charge in [-0.3, -0.25) is 4.79 Å². The summed E-state index contributed by atoms with van der Waals surface area (Å²) in [6.07, 6.45) is 2.27. The van der Waals surface area contributed by atoms with Crippen molar-refractivity contribution in [1.82, 2.24) is 5.32 Å². The van der Waals surface area contributed by atoms with E-state index in [1.807, 2.05) is 32.2 Å². The van der Waals surface area contributed by atoms with E-state index in [-0.39, 0.29) is 5.91 Å². The number of carbonyl (C=O) groups excluding carboxylic acids is 1. The summed E-state index contributed by atoms with van der Waals surface area (Å²) >= 11 is 0. The summed E-state index contributed by atoms with van der Waals surface area (Å²) in [5.41, 5.74) is 1.15. The van der Waals surface area contributed by atoms with Crippen molar-refractivity contribution in [3.63, 3.8) is 0 Å². The van der Waals surface area contributed by atoms with E-state index >= 15 is 0 Å². The summed E-state index contributed by atoms with van der Waals surface area (Å²) < 4.78 is 5.60. The number of para-hydroxylation sites is 1. The molecular weight excluding hydrogens is 240 g/mol. The maximum absolute atomic E-state index is 11.7. The topological polar surface area (TPSA) is 42.8 Å². The number of ether oxygens (including phenoxy) is 1. The lowest BCUT2D eigenvalue weighted by Crippen LogP contribution is -3.08. The molecule has 0 aliphatic heterocycles. The third-order valence-electron chi connectivity index (χ3n) is 3.17. The van der Waals surface area contributed by atoms with E-state index < -0.39 is 0 Å². The van der Waals surface area contributed by atoms with E-state index in [9.17, 15) is 4.79 Å². The lowest BCUT2D eigenvalue weighted by Gasteiger charge is -2.16. The highest BCUT2D eigenvalue weighted by atomic mass is 16.5. The van der Waals surface area contributed by atoms with E-state index in [1.54, 1.807) is 0 Å². The van der Waals surface area contributed by atoms with Gasteiger partial charge in [0, 0.05) is 11.6 Å². The van der Waals surface area contributed by atoms with Crippen LogP contribution in [-0.2, 0) is 11.3 Å². The molecule has 1 atom stereocenters. The Morgan fingerprint density at radius 1 is 1.42 bits per heavy atom. The zero-order valence-corrected chi connectivity index (χ0v) is 11.7. The second kappa shape index (κ2) is 6.57. The number of likely N-dealkylation sites (N-methyl/N-ethyl adjacent to an activating group) is 1. The molecule has 19 heavy (non-hydrogen) atoms. The van der Waals surface area contributed by atoms with Gasteiger partial charge < -0.3 is 15.0 Å². The first-order chi connectivity index (χ1) is 9.19. The molecule has 1 aromatic carbocycles. The molecule has 1 aromatic rings. The van der Waals surface area contributed by atoms with Gasteiger partial charge in [0.1, 0.15) is 12.3 Å². The Bertz CT molecular complexity index is 430. The van der Waals surface area contributed by atoms with Gasteiger partial charge in [-0.25, -0.2) is 0 Å². The molecule has 0 radical (unpaired) electrons. The Labute approximate surface area is 114 Å². The molecular formula is C15H23N2O2+. The second-order valence-electron chi connectivity index (χ2n) is 5.19. The number of hydrogen-bond donors (Lipinski definition) is 2. The van der Waals surface area contributed by atoms with Crippen LogP contribution in [0, 0.1) is 0 Å². The van der Waals surface area contributed by atoms with Gasteiger partial charge >= 0.3 is 0 Å². The number of hydrogen-bond acceptors (Lipinski definition) is 2. The van der Waals surface area contributed by atoms with Gasteiger partial charge in [-0.15, -0.1) is 0 Å². The molecule has 0 heterocycles. The molecule has 104 valence electrons. The fourth-order valence-electron chi connectivity index (χ4n) is 2.11. The molecule has 2 N–H and O–H groups in total. The molecule has 2 rings (SSSR count). The van der Waals surface area contributed by atoms with Gasteiger partial charge in [-0.2, -0.15) is 0 Å². The Morgan fingerprint density at radius 2 is 2.16 bits per heavy atom. The molecule has 1 unspecified atom stereocenters. The third kappa shape index (κ3) is 4.56. The predicted octanol–water partition coefficient (Wildman–Crippen LogP) is 0.379. The smallest absolute Gasteiger partial charge is 0.275 e. The molecule has 1 aliphatic rings. The average Bonchev–Trinajstić information content (AvgIpc) is 3.15. The van der Waals surface area contributed by atoms with Gasteiger partial charge in [0.25, 0.3) is 5.91 Å². The van der Waals surface area contributed by atoms with Crippen molar-refractivity contribution in [2.45, 2.75) is 32.4 Å². The lowest BCUT2D eigenvalue weighted by molar-refractivity contribution is -0.885. The van der Waals surface area contributed by atoms with Crippen LogP contribution in [0.1, 0.15) is 25.3 Å². The summed E-state index contributed by atoms with van der Waals surface area (Å²) in [4.78, 5) is 12.9. The van der Waals surface area contributed by atoms with Gasteiger partial charge in [0.2, 0.25) is 0 Å². The van der Waals surface area contributed by atoms with Crippen molar-refractivity contribution in [2.75, 3.05) is 20.2 Å². The average molecular weight is 263 g/mol. The molecule has 0 saturated heterocycles. The van der Waals surface area contributed by atoms with Gasteiger partial charge in [0.05, 0.1) is 13.7 Å². The minimum atomic E-state index is 0.147. The maximum atomic E-state index is 11.7. The Kier molecular flexibility index (Phi) is 4.80. The number of quaternary nitrogens is 1. The number of amides is 1. The van der Waals surface area contributed by atoms with E-state index in [0.717, 1.165) is 30.7 Å². The molecule has 1 aliphatic carbocycles. The van der Waals surface area contributed by atoms with Crippen molar-refractivity contribution < 1.29 is 14.4 Å². The van der Waals surface area contributed by atoms with Crippen LogP contribution < -0.4 is 15.0 Å². The first-order valence-corrected chi connectivity index (χ1v) is 7.00. The number of benzene rings is 1. The first-order valence-electron chi connectivity index (χ1n) is 7.00. The molecule has 4 heteroatoms. The van der Waals surface area contributed by atoms with Gasteiger partial charge in [-0.1, -0.05) is 12.1 Å². The standard InChI is InChI=1S/C15H22N2O2/c1-3-19-14-7-5-4-6-12(14)10-17(2)11-15(18)16-13-8-9-13/h4-7,13H,3,8-11H2,1-2H3,(H,16,18)/p+1. The van der Waals surface area contributed by atoms with Crippen LogP contribution in [-0.4, -0.2) is 32.1 Å². The van der Waals surface area contributed by atoms with E-state index in [1.165, 1.54) is 4.90 Å². The highest BCUT2D eigenvalue weighted by Gasteiger charge is 2.24. The highest BCUT2D eigenvalue weighted by molar-refractivity contribution is 5.77. The van der Waals surface area contributed by atoms with Crippen molar-refractivity contribution in [3.8, 4) is 5.75 Å². The predicted molar refractivity (Wildman–Crippen MR) is 74.2 cm³/mol. The minimum Gasteiger partial charge on any atom is -0.493 e. The number of nitrogens with one attached hydrogen (secondary N) is 2. The second-order valence-corrected chi connectivity index (χ2v) is 5.19. The van der Waals surface area contributed by atoms with Crippen LogP contribution in [0.25, 0.3) is 0 Å². The van der Waals surface area contributed by atoms with Crippen molar-refractivity contribution in [3.05, 3.63) is 29.8 Å². The first kappa shape index (κ1) is 13.9. The van der Waals surface area contributed by atoms with Gasteiger partial charge in [0.15, 0.2) is 6.54 Å². The van der Waals surface area contributed by atoms with Crippen LogP contribution in [0.5, 0.6) is 5.75 Å². The van der Waals surface area contributed by atoms with Crippen LogP contribution >= 0.6 is 0 Å². The fourth-order valence-corrected chi connectivity index (χ4v) is 2.11. The molecule has 1 saturated carbocycles. The van der Waals surface area contributed by atoms with Crippen LogP contribution in [0.3, 0.4) is 0 Å². The molecule has 1 fully saturated rings. The van der Waals surface area contributed by atoms with Crippen molar-refractivity contribution >= 4 is 5.91 Å². The SMILES string of the molecule is CCOc1ccccc1C[NH+](C)CC(=O)NC1CC1. The summed E-state index contributed by atoms with van der Waals surface area (Å²) in [6.45, 7) is 3.96. The molecule has 1 amide bonds. The van der Waals surface area contributed by atoms with Crippen molar-refractivity contribution in [2.24, 2.45) is 0 Å². The fraction of sp³-hybridized carbons (Fsp3) is 0.533. The van der Waals surface area contributed by atoms with E-state index in [2.05, 4.69) is 11.4 Å². The monoisotopic (exact) mass is 263 g/mol. The quantitative estimate of drug-likeness (QED) is 0.747. The summed E-state index contributed by atoms with van der Waals surface area (Å²) in [6, 6.07) is 8.47. The van der Waals surface area contributed by atoms with Gasteiger partial charge in [-0.05, 0) is 31.9 Å². The Morgan fingerprint density at radius 3 is 2.84 bits per heavy atom. The zero-order valence-electron chi connectivity index (χ0n) is 11.7. The lowest BCUT2D eigenvalue weighted by atomic mass is 10.2. The minimum absolute atomic E-state index is 0.147. The summed E-state index contributed by atoms with van der Waals surface area (Å²) in [5.74, 6) is 1.07. The van der Waals surface area contributed by atoms with Crippen molar-refractivity contribution in [1.29, 1.82) is 0 Å². The number of rotatable bonds is 7. The van der Waals surface area contributed by atoms with Crippen LogP contribution in [0.2, 0.25) is 0 Å². The summed E-state index contributed by atoms with van der Waals surface area (Å²) in [7, 11) is 2.04. The molecule has 0 spiro atoms. The number of carbonyl (C=O) groups is 1. The Hall–Kier alpha value is -1.55.